The minimum atomic E-state index is 0.651. The third-order valence-electron chi connectivity index (χ3n) is 3.78. The zero-order valence-electron chi connectivity index (χ0n) is 9.19. The van der Waals surface area contributed by atoms with Crippen LogP contribution in [0.4, 0.5) is 0 Å². The molecule has 80 valence electrons. The zero-order valence-corrected chi connectivity index (χ0v) is 9.19. The summed E-state index contributed by atoms with van der Waals surface area (Å²) in [6.07, 6.45) is 6.19. The van der Waals surface area contributed by atoms with E-state index in [4.69, 9.17) is 4.98 Å². The van der Waals surface area contributed by atoms with Gasteiger partial charge in [0.15, 0.2) is 0 Å². The predicted molar refractivity (Wildman–Crippen MR) is 58.7 cm³/mol. The maximum atomic E-state index is 4.70. The van der Waals surface area contributed by atoms with Crippen molar-refractivity contribution in [1.29, 1.82) is 0 Å². The summed E-state index contributed by atoms with van der Waals surface area (Å²) in [4.78, 5) is 11.6. The largest absolute Gasteiger partial charge is 0.302 e. The normalized spacial score (nSPS) is 33.5. The molecular formula is C12H17N3. The molecule has 3 heteroatoms. The Morgan fingerprint density at radius 3 is 3.00 bits per heavy atom. The lowest BCUT2D eigenvalue weighted by Crippen LogP contribution is -2.23. The summed E-state index contributed by atoms with van der Waals surface area (Å²) in [7, 11) is 0. The molecule has 0 spiro atoms. The molecule has 1 aromatic rings. The molecule has 0 N–H and O–H groups in total. The molecule has 0 aromatic carbocycles. The summed E-state index contributed by atoms with van der Waals surface area (Å²) in [5, 5.41) is 0. The van der Waals surface area contributed by atoms with Crippen molar-refractivity contribution >= 4 is 0 Å². The zero-order chi connectivity index (χ0) is 10.3. The Hall–Kier alpha value is -0.960. The number of hydrogen-bond acceptors (Lipinski definition) is 3. The molecule has 2 saturated heterocycles. The second kappa shape index (κ2) is 3.56. The molecule has 3 rings (SSSR count). The molecule has 2 aliphatic rings. The van der Waals surface area contributed by atoms with Crippen LogP contribution in [0.3, 0.4) is 0 Å². The SMILES string of the molecule is CCc1cncc([C@H]2CN3CC[C@@H]2C3)n1. The Morgan fingerprint density at radius 2 is 2.33 bits per heavy atom. The summed E-state index contributed by atoms with van der Waals surface area (Å²) >= 11 is 0. The molecule has 1 unspecified atom stereocenters. The van der Waals surface area contributed by atoms with Crippen LogP contribution >= 0.6 is 0 Å². The summed E-state index contributed by atoms with van der Waals surface area (Å²) < 4.78 is 0. The Bertz CT molecular complexity index is 364. The standard InChI is InChI=1S/C12H17N3/c1-2-10-5-13-6-12(14-10)11-8-15-4-3-9(11)7-15/h5-6,9,11H,2-4,7-8H2,1H3/t9-,11+/m1/s1. The van der Waals surface area contributed by atoms with Crippen LogP contribution in [-0.4, -0.2) is 34.5 Å². The van der Waals surface area contributed by atoms with Crippen molar-refractivity contribution in [3.63, 3.8) is 0 Å². The number of aryl methyl sites for hydroxylation is 1. The van der Waals surface area contributed by atoms with Gasteiger partial charge in [-0.1, -0.05) is 6.92 Å². The van der Waals surface area contributed by atoms with Gasteiger partial charge in [0.05, 0.1) is 11.4 Å². The smallest absolute Gasteiger partial charge is 0.0636 e. The lowest BCUT2D eigenvalue weighted by atomic mass is 9.90. The van der Waals surface area contributed by atoms with Crippen molar-refractivity contribution in [3.05, 3.63) is 23.8 Å². The van der Waals surface area contributed by atoms with Crippen molar-refractivity contribution in [2.24, 2.45) is 5.92 Å². The van der Waals surface area contributed by atoms with Crippen LogP contribution in [0, 0.1) is 5.92 Å². The first-order valence-corrected chi connectivity index (χ1v) is 5.90. The Kier molecular flexibility index (Phi) is 2.20. The molecule has 3 nitrogen and oxygen atoms in total. The van der Waals surface area contributed by atoms with Gasteiger partial charge >= 0.3 is 0 Å². The molecule has 15 heavy (non-hydrogen) atoms. The number of nitrogens with zero attached hydrogens (tertiary/aromatic N) is 3. The molecule has 2 fully saturated rings. The first kappa shape index (κ1) is 9.28. The lowest BCUT2D eigenvalue weighted by molar-refractivity contribution is 0.343. The molecule has 2 aliphatic heterocycles. The Morgan fingerprint density at radius 1 is 1.40 bits per heavy atom. The molecule has 3 heterocycles. The van der Waals surface area contributed by atoms with Crippen LogP contribution in [0.15, 0.2) is 12.4 Å². The first-order valence-electron chi connectivity index (χ1n) is 5.90. The van der Waals surface area contributed by atoms with Crippen LogP contribution in [0.1, 0.15) is 30.7 Å². The van der Waals surface area contributed by atoms with Gasteiger partial charge in [0.2, 0.25) is 0 Å². The second-order valence-electron chi connectivity index (χ2n) is 4.70. The number of piperidine rings is 1. The van der Waals surface area contributed by atoms with Gasteiger partial charge < -0.3 is 4.90 Å². The van der Waals surface area contributed by atoms with Gasteiger partial charge in [-0.15, -0.1) is 0 Å². The van der Waals surface area contributed by atoms with E-state index < -0.39 is 0 Å². The second-order valence-corrected chi connectivity index (χ2v) is 4.70. The highest BCUT2D eigenvalue weighted by Gasteiger charge is 2.39. The monoisotopic (exact) mass is 203 g/mol. The number of hydrogen-bond donors (Lipinski definition) is 0. The van der Waals surface area contributed by atoms with E-state index in [-0.39, 0.29) is 0 Å². The number of aromatic nitrogens is 2. The minimum absolute atomic E-state index is 0.651. The summed E-state index contributed by atoms with van der Waals surface area (Å²) in [5.74, 6) is 1.49. The predicted octanol–water partition coefficient (Wildman–Crippen LogP) is 1.46. The molecule has 3 atom stereocenters. The maximum absolute atomic E-state index is 4.70. The van der Waals surface area contributed by atoms with E-state index >= 15 is 0 Å². The molecule has 0 saturated carbocycles. The Labute approximate surface area is 90.5 Å². The highest BCUT2D eigenvalue weighted by Crippen LogP contribution is 2.38. The van der Waals surface area contributed by atoms with Crippen LogP contribution in [0.2, 0.25) is 0 Å². The minimum Gasteiger partial charge on any atom is -0.302 e. The van der Waals surface area contributed by atoms with E-state index in [0.29, 0.717) is 5.92 Å². The van der Waals surface area contributed by atoms with Crippen LogP contribution in [-0.2, 0) is 6.42 Å². The lowest BCUT2D eigenvalue weighted by Gasteiger charge is -2.21. The molecule has 2 bridgehead atoms. The van der Waals surface area contributed by atoms with Crippen LogP contribution in [0.25, 0.3) is 0 Å². The fraction of sp³-hybridized carbons (Fsp3) is 0.667. The molecular weight excluding hydrogens is 186 g/mol. The van der Waals surface area contributed by atoms with E-state index in [9.17, 15) is 0 Å². The fourth-order valence-electron chi connectivity index (χ4n) is 2.89. The quantitative estimate of drug-likeness (QED) is 0.728. The van der Waals surface area contributed by atoms with Gasteiger partial charge in [0, 0.05) is 31.4 Å². The number of rotatable bonds is 2. The van der Waals surface area contributed by atoms with Crippen LogP contribution < -0.4 is 0 Å². The van der Waals surface area contributed by atoms with Gasteiger partial charge in [-0.25, -0.2) is 0 Å². The van der Waals surface area contributed by atoms with Gasteiger partial charge in [-0.3, -0.25) is 9.97 Å². The average Bonchev–Trinajstić information content (AvgIpc) is 2.91. The summed E-state index contributed by atoms with van der Waals surface area (Å²) in [5.41, 5.74) is 2.35. The average molecular weight is 203 g/mol. The molecule has 0 aliphatic carbocycles. The van der Waals surface area contributed by atoms with Gasteiger partial charge in [0.25, 0.3) is 0 Å². The highest BCUT2D eigenvalue weighted by atomic mass is 15.2. The van der Waals surface area contributed by atoms with E-state index in [1.165, 1.54) is 31.7 Å². The van der Waals surface area contributed by atoms with Crippen molar-refractivity contribution in [2.45, 2.75) is 25.7 Å². The van der Waals surface area contributed by atoms with E-state index in [2.05, 4.69) is 16.8 Å². The Balaban J connectivity index is 1.86. The van der Waals surface area contributed by atoms with Crippen LogP contribution in [0.5, 0.6) is 0 Å². The summed E-state index contributed by atoms with van der Waals surface area (Å²) in [6, 6.07) is 0. The molecule has 1 aromatic heterocycles. The topological polar surface area (TPSA) is 29.0 Å². The third kappa shape index (κ3) is 1.55. The first-order chi connectivity index (χ1) is 7.36. The van der Waals surface area contributed by atoms with Gasteiger partial charge in [-0.05, 0) is 25.3 Å². The van der Waals surface area contributed by atoms with Gasteiger partial charge in [-0.2, -0.15) is 0 Å². The fourth-order valence-corrected chi connectivity index (χ4v) is 2.89. The summed E-state index contributed by atoms with van der Waals surface area (Å²) in [6.45, 7) is 5.91. The van der Waals surface area contributed by atoms with Crippen molar-refractivity contribution in [1.82, 2.24) is 14.9 Å². The highest BCUT2D eigenvalue weighted by molar-refractivity contribution is 5.14. The molecule has 0 amide bonds. The van der Waals surface area contributed by atoms with E-state index in [1.807, 2.05) is 12.4 Å². The van der Waals surface area contributed by atoms with Gasteiger partial charge in [0.1, 0.15) is 0 Å². The number of fused-ring (bicyclic) bond motifs is 2. The molecule has 0 radical (unpaired) electrons. The third-order valence-corrected chi connectivity index (χ3v) is 3.78. The maximum Gasteiger partial charge on any atom is 0.0636 e. The van der Waals surface area contributed by atoms with E-state index in [1.54, 1.807) is 0 Å². The van der Waals surface area contributed by atoms with Crippen molar-refractivity contribution in [2.75, 3.05) is 19.6 Å². The van der Waals surface area contributed by atoms with Crippen molar-refractivity contribution in [3.8, 4) is 0 Å². The van der Waals surface area contributed by atoms with Crippen molar-refractivity contribution < 1.29 is 0 Å². The van der Waals surface area contributed by atoms with E-state index in [0.717, 1.165) is 18.0 Å².